The highest BCUT2D eigenvalue weighted by molar-refractivity contribution is 6.35. The maximum Gasteiger partial charge on any atom is 0.414 e. The van der Waals surface area contributed by atoms with Gasteiger partial charge in [-0.15, -0.1) is 0 Å². The number of pyridine rings is 1. The molecule has 3 aliphatic heterocycles. The number of nitrogens with zero attached hydrogens (tertiary/aromatic N) is 3. The molecule has 4 aromatic rings. The van der Waals surface area contributed by atoms with Gasteiger partial charge in [0.25, 0.3) is 0 Å². The van der Waals surface area contributed by atoms with E-state index in [4.69, 9.17) is 37.4 Å². The number of rotatable bonds is 13. The molecule has 15 heteroatoms. The third kappa shape index (κ3) is 8.97. The highest BCUT2D eigenvalue weighted by atomic mass is 35.5. The van der Waals surface area contributed by atoms with Crippen LogP contribution in [0.2, 0.25) is 10.0 Å². The zero-order valence-electron chi connectivity index (χ0n) is 29.4. The van der Waals surface area contributed by atoms with Crippen molar-refractivity contribution in [3.63, 3.8) is 0 Å². The first-order chi connectivity index (χ1) is 25.8. The molecule has 1 aromatic heterocycles. The largest absolute Gasteiger partial charge is 0.619 e. The Hall–Kier alpha value is -4.72. The van der Waals surface area contributed by atoms with E-state index >= 15 is 0 Å². The first kappa shape index (κ1) is 39.0. The molecule has 4 heterocycles. The van der Waals surface area contributed by atoms with E-state index < -0.39 is 36.5 Å². The maximum absolute atomic E-state index is 14.7. The van der Waals surface area contributed by atoms with E-state index in [1.165, 1.54) is 53.4 Å². The topological polar surface area (TPSA) is 115 Å². The van der Waals surface area contributed by atoms with Crippen LogP contribution in [0.5, 0.6) is 11.5 Å². The summed E-state index contributed by atoms with van der Waals surface area (Å²) in [6.45, 7) is 2.40. The fraction of sp³-hybridized carbons (Fsp3) is 0.359. The number of fused-ring (bicyclic) bond motifs is 3. The van der Waals surface area contributed by atoms with Crippen molar-refractivity contribution in [2.75, 3.05) is 24.5 Å². The highest BCUT2D eigenvalue weighted by Crippen LogP contribution is 2.41. The predicted octanol–water partition coefficient (Wildman–Crippen LogP) is 8.46. The number of hydrogen-bond acceptors (Lipinski definition) is 7. The number of carboxylic acids is 1. The van der Waals surface area contributed by atoms with Gasteiger partial charge in [0, 0.05) is 18.0 Å². The van der Waals surface area contributed by atoms with Gasteiger partial charge in [0.05, 0.1) is 23.9 Å². The van der Waals surface area contributed by atoms with E-state index in [0.29, 0.717) is 28.0 Å². The molecule has 3 fully saturated rings. The minimum absolute atomic E-state index is 0.00403. The smallest absolute Gasteiger partial charge is 0.414 e. The van der Waals surface area contributed by atoms with Gasteiger partial charge in [0.2, 0.25) is 0 Å². The van der Waals surface area contributed by atoms with Crippen molar-refractivity contribution < 1.29 is 46.8 Å². The van der Waals surface area contributed by atoms with Crippen molar-refractivity contribution in [1.29, 1.82) is 0 Å². The fourth-order valence-electron chi connectivity index (χ4n) is 7.26. The minimum atomic E-state index is -3.16. The molecule has 3 aromatic carbocycles. The molecule has 0 aliphatic carbocycles. The van der Waals surface area contributed by atoms with Gasteiger partial charge in [0.1, 0.15) is 22.0 Å². The lowest BCUT2D eigenvalue weighted by molar-refractivity contribution is -0.605. The van der Waals surface area contributed by atoms with Crippen LogP contribution in [0.1, 0.15) is 65.2 Å². The Morgan fingerprint density at radius 1 is 1.00 bits per heavy atom. The molecule has 2 bridgehead atoms. The average Bonchev–Trinajstić information content (AvgIpc) is 3.11. The summed E-state index contributed by atoms with van der Waals surface area (Å²) in [5, 5.41) is 22.8. The van der Waals surface area contributed by atoms with Crippen LogP contribution in [0.15, 0.2) is 73.1 Å². The predicted molar refractivity (Wildman–Crippen MR) is 195 cm³/mol. The second-order valence-corrected chi connectivity index (χ2v) is 14.4. The van der Waals surface area contributed by atoms with Crippen LogP contribution in [0.25, 0.3) is 0 Å². The minimum Gasteiger partial charge on any atom is -0.619 e. The molecule has 7 rings (SSSR count). The molecule has 0 unspecified atom stereocenters. The molecule has 1 amide bonds. The van der Waals surface area contributed by atoms with E-state index in [0.717, 1.165) is 38.3 Å². The van der Waals surface area contributed by atoms with E-state index in [1.807, 2.05) is 0 Å². The van der Waals surface area contributed by atoms with Crippen molar-refractivity contribution in [2.24, 2.45) is 5.92 Å². The first-order valence-electron chi connectivity index (χ1n) is 17.4. The van der Waals surface area contributed by atoms with Crippen LogP contribution in [0.3, 0.4) is 0 Å². The van der Waals surface area contributed by atoms with Gasteiger partial charge in [0.15, 0.2) is 23.9 Å². The lowest BCUT2D eigenvalue weighted by Gasteiger charge is -2.44. The number of aromatic carboxylic acids is 1. The molecule has 1 N–H and O–H groups in total. The van der Waals surface area contributed by atoms with Gasteiger partial charge in [-0.2, -0.15) is 13.5 Å². The van der Waals surface area contributed by atoms with Gasteiger partial charge in [-0.05, 0) is 105 Å². The van der Waals surface area contributed by atoms with Gasteiger partial charge < -0.3 is 24.5 Å². The standard InChI is InChI=1S/C39H38Cl2F3N3O7/c1-22(2)52-34-15-24(9-10-33(34)53-38(43)44)29(17-30-31(40)19-46(51)20-32(30)41)36-25(5-3-8-28(36)37(48)49)18-47(27-7-4-6-26(42)16-27)39(50)54-35-21-45-13-11-23(35)12-14-45/h3-10,15-16,19-20,22-23,29,35,38H,11-14,17-18,21H2,1-2H3,(H,48,49)/t29-,35-/m0/s1. The summed E-state index contributed by atoms with van der Waals surface area (Å²) < 4.78 is 58.7. The lowest BCUT2D eigenvalue weighted by atomic mass is 9.80. The number of amides is 1. The van der Waals surface area contributed by atoms with Crippen LogP contribution >= 0.6 is 23.2 Å². The summed E-state index contributed by atoms with van der Waals surface area (Å²) in [7, 11) is 0. The van der Waals surface area contributed by atoms with E-state index in [-0.39, 0.29) is 63.3 Å². The van der Waals surface area contributed by atoms with Crippen LogP contribution in [0.4, 0.5) is 23.7 Å². The van der Waals surface area contributed by atoms with Gasteiger partial charge in [-0.3, -0.25) is 9.80 Å². The number of halogens is 5. The molecule has 0 radical (unpaired) electrons. The zero-order valence-corrected chi connectivity index (χ0v) is 30.9. The number of anilines is 1. The number of alkyl halides is 2. The van der Waals surface area contributed by atoms with E-state index in [9.17, 15) is 33.1 Å². The number of carbonyl (C=O) groups is 2. The molecule has 2 atom stereocenters. The summed E-state index contributed by atoms with van der Waals surface area (Å²) in [5.41, 5.74) is 1.27. The van der Waals surface area contributed by atoms with Crippen molar-refractivity contribution in [1.82, 2.24) is 4.90 Å². The number of piperidine rings is 3. The Balaban J connectivity index is 1.51. The second-order valence-electron chi connectivity index (χ2n) is 13.6. The Morgan fingerprint density at radius 3 is 2.31 bits per heavy atom. The SMILES string of the molecule is CC(C)Oc1cc([C@H](Cc2c(Cl)c[n+]([O-])cc2Cl)c2c(CN(C(=O)O[C@H]3CN4CCC3CC4)c3cccc(F)c3)cccc2C(=O)O)ccc1OC(F)F. The van der Waals surface area contributed by atoms with E-state index in [1.54, 1.807) is 26.0 Å². The Morgan fingerprint density at radius 2 is 1.70 bits per heavy atom. The number of aromatic nitrogens is 1. The lowest BCUT2D eigenvalue weighted by Crippen LogP contribution is -2.53. The number of hydrogen-bond donors (Lipinski definition) is 1. The number of benzene rings is 3. The molecule has 10 nitrogen and oxygen atoms in total. The molecule has 3 aliphatic rings. The maximum atomic E-state index is 14.7. The number of ether oxygens (including phenoxy) is 3. The Kier molecular flexibility index (Phi) is 12.1. The molecular formula is C39H38Cl2F3N3O7. The Bertz CT molecular complexity index is 1990. The first-order valence-corrected chi connectivity index (χ1v) is 18.2. The summed E-state index contributed by atoms with van der Waals surface area (Å²) in [6.07, 6.45) is 2.30. The van der Waals surface area contributed by atoms with Crippen molar-refractivity contribution in [3.8, 4) is 11.5 Å². The van der Waals surface area contributed by atoms with Crippen molar-refractivity contribution in [3.05, 3.63) is 122 Å². The van der Waals surface area contributed by atoms with Crippen LogP contribution in [-0.4, -0.2) is 60.5 Å². The van der Waals surface area contributed by atoms with Gasteiger partial charge >= 0.3 is 18.7 Å². The summed E-state index contributed by atoms with van der Waals surface area (Å²) in [4.78, 5) is 30.7. The third-order valence-electron chi connectivity index (χ3n) is 9.71. The third-order valence-corrected chi connectivity index (χ3v) is 10.4. The molecule has 54 heavy (non-hydrogen) atoms. The van der Waals surface area contributed by atoms with Gasteiger partial charge in [-0.25, -0.2) is 14.0 Å². The highest BCUT2D eigenvalue weighted by Gasteiger charge is 2.38. The van der Waals surface area contributed by atoms with Crippen LogP contribution in [-0.2, 0) is 17.7 Å². The molecule has 0 saturated carbocycles. The average molecular weight is 789 g/mol. The monoisotopic (exact) mass is 787 g/mol. The van der Waals surface area contributed by atoms with Crippen molar-refractivity contribution in [2.45, 2.75) is 64.4 Å². The number of carbonyl (C=O) groups excluding carboxylic acids is 1. The summed E-state index contributed by atoms with van der Waals surface area (Å²) >= 11 is 13.1. The Labute approximate surface area is 320 Å². The normalized spacial score (nSPS) is 18.4. The molecular weight excluding hydrogens is 750 g/mol. The van der Waals surface area contributed by atoms with Crippen molar-refractivity contribution >= 4 is 41.0 Å². The molecule has 0 spiro atoms. The van der Waals surface area contributed by atoms with E-state index in [2.05, 4.69) is 4.90 Å². The molecule has 286 valence electrons. The number of carboxylic acid groups (broad SMARTS) is 1. The summed E-state index contributed by atoms with van der Waals surface area (Å²) in [5.74, 6) is -2.96. The van der Waals surface area contributed by atoms with Crippen LogP contribution < -0.4 is 19.1 Å². The van der Waals surface area contributed by atoms with Gasteiger partial charge in [-0.1, -0.05) is 47.5 Å². The summed E-state index contributed by atoms with van der Waals surface area (Å²) in [6, 6.07) is 14.2. The zero-order chi connectivity index (χ0) is 38.7. The second kappa shape index (κ2) is 16.7. The van der Waals surface area contributed by atoms with Crippen LogP contribution in [0, 0.1) is 16.9 Å². The quantitative estimate of drug-likeness (QED) is 0.106. The fourth-order valence-corrected chi connectivity index (χ4v) is 7.86. The molecule has 3 saturated heterocycles.